The molecule has 0 amide bonds. The summed E-state index contributed by atoms with van der Waals surface area (Å²) in [5, 5.41) is 3.13. The fourth-order valence-electron chi connectivity index (χ4n) is 1.96. The average molecular weight is 294 g/mol. The standard InChI is InChI=1S/C13H16BrN3/c1-9-6-4-5-7-10(9)12-13(14)16-11(8-15-2)17(12)3/h4-7,15H,8H2,1-3H3. The van der Waals surface area contributed by atoms with Crippen molar-refractivity contribution in [3.05, 3.63) is 40.3 Å². The normalized spacial score (nSPS) is 10.8. The molecule has 90 valence electrons. The van der Waals surface area contributed by atoms with Crippen molar-refractivity contribution in [2.45, 2.75) is 13.5 Å². The molecule has 1 N–H and O–H groups in total. The number of rotatable bonds is 3. The Kier molecular flexibility index (Phi) is 3.64. The maximum Gasteiger partial charge on any atom is 0.132 e. The van der Waals surface area contributed by atoms with Crippen molar-refractivity contribution in [3.63, 3.8) is 0 Å². The number of aryl methyl sites for hydroxylation is 1. The molecule has 0 saturated carbocycles. The number of halogens is 1. The molecular formula is C13H16BrN3. The van der Waals surface area contributed by atoms with Crippen LogP contribution in [-0.4, -0.2) is 16.6 Å². The topological polar surface area (TPSA) is 29.9 Å². The Morgan fingerprint density at radius 3 is 2.71 bits per heavy atom. The zero-order valence-corrected chi connectivity index (χ0v) is 11.9. The third-order valence-corrected chi connectivity index (χ3v) is 3.43. The second-order valence-electron chi connectivity index (χ2n) is 4.07. The summed E-state index contributed by atoms with van der Waals surface area (Å²) >= 11 is 3.55. The largest absolute Gasteiger partial charge is 0.329 e. The minimum atomic E-state index is 0.765. The number of hydrogen-bond acceptors (Lipinski definition) is 2. The van der Waals surface area contributed by atoms with E-state index < -0.39 is 0 Å². The Labute approximate surface area is 110 Å². The maximum atomic E-state index is 4.53. The molecule has 0 fully saturated rings. The van der Waals surface area contributed by atoms with Crippen LogP contribution in [0.2, 0.25) is 0 Å². The molecule has 0 aliphatic carbocycles. The zero-order chi connectivity index (χ0) is 12.4. The highest BCUT2D eigenvalue weighted by Crippen LogP contribution is 2.30. The van der Waals surface area contributed by atoms with Crippen LogP contribution < -0.4 is 5.32 Å². The summed E-state index contributed by atoms with van der Waals surface area (Å²) in [7, 11) is 3.97. The van der Waals surface area contributed by atoms with Gasteiger partial charge in [0.05, 0.1) is 12.2 Å². The first kappa shape index (κ1) is 12.3. The number of nitrogens with zero attached hydrogens (tertiary/aromatic N) is 2. The van der Waals surface area contributed by atoms with Crippen LogP contribution in [0, 0.1) is 6.92 Å². The summed E-state index contributed by atoms with van der Waals surface area (Å²) in [6, 6.07) is 8.35. The SMILES string of the molecule is CNCc1nc(Br)c(-c2ccccc2C)n1C. The molecule has 17 heavy (non-hydrogen) atoms. The van der Waals surface area contributed by atoms with Gasteiger partial charge in [-0.25, -0.2) is 4.98 Å². The molecule has 0 unspecified atom stereocenters. The molecule has 2 rings (SSSR count). The number of hydrogen-bond donors (Lipinski definition) is 1. The number of imidazole rings is 1. The van der Waals surface area contributed by atoms with Gasteiger partial charge in [-0.15, -0.1) is 0 Å². The summed E-state index contributed by atoms with van der Waals surface area (Å²) in [5.41, 5.74) is 3.61. The minimum Gasteiger partial charge on any atom is -0.329 e. The molecule has 1 heterocycles. The smallest absolute Gasteiger partial charge is 0.132 e. The van der Waals surface area contributed by atoms with Crippen LogP contribution in [0.3, 0.4) is 0 Å². The predicted octanol–water partition coefficient (Wildman–Crippen LogP) is 2.88. The molecular weight excluding hydrogens is 278 g/mol. The maximum absolute atomic E-state index is 4.53. The van der Waals surface area contributed by atoms with Gasteiger partial charge in [0.2, 0.25) is 0 Å². The van der Waals surface area contributed by atoms with Gasteiger partial charge in [0.15, 0.2) is 0 Å². The Bertz CT molecular complexity index is 531. The van der Waals surface area contributed by atoms with Crippen molar-refractivity contribution in [2.24, 2.45) is 7.05 Å². The molecule has 0 spiro atoms. The molecule has 3 nitrogen and oxygen atoms in total. The van der Waals surface area contributed by atoms with Crippen LogP contribution >= 0.6 is 15.9 Å². The first-order valence-corrected chi connectivity index (χ1v) is 6.36. The van der Waals surface area contributed by atoms with E-state index >= 15 is 0 Å². The Hall–Kier alpha value is -1.13. The van der Waals surface area contributed by atoms with Crippen LogP contribution in [0.1, 0.15) is 11.4 Å². The van der Waals surface area contributed by atoms with Crippen LogP contribution in [0.25, 0.3) is 11.3 Å². The number of aromatic nitrogens is 2. The third-order valence-electron chi connectivity index (χ3n) is 2.88. The summed E-state index contributed by atoms with van der Waals surface area (Å²) in [6.45, 7) is 2.88. The quantitative estimate of drug-likeness (QED) is 0.943. The molecule has 4 heteroatoms. The van der Waals surface area contributed by atoms with Gasteiger partial charge in [-0.1, -0.05) is 24.3 Å². The summed E-state index contributed by atoms with van der Waals surface area (Å²) in [5.74, 6) is 1.03. The van der Waals surface area contributed by atoms with E-state index in [1.165, 1.54) is 11.1 Å². The van der Waals surface area contributed by atoms with E-state index in [9.17, 15) is 0 Å². The van der Waals surface area contributed by atoms with Crippen molar-refractivity contribution in [1.82, 2.24) is 14.9 Å². The molecule has 0 saturated heterocycles. The lowest BCUT2D eigenvalue weighted by Crippen LogP contribution is -2.10. The number of benzene rings is 1. The van der Waals surface area contributed by atoms with Gasteiger partial charge >= 0.3 is 0 Å². The zero-order valence-electron chi connectivity index (χ0n) is 10.3. The fourth-order valence-corrected chi connectivity index (χ4v) is 2.64. The minimum absolute atomic E-state index is 0.765. The molecule has 0 radical (unpaired) electrons. The van der Waals surface area contributed by atoms with Crippen molar-refractivity contribution < 1.29 is 0 Å². The van der Waals surface area contributed by atoms with E-state index in [4.69, 9.17) is 0 Å². The molecule has 0 bridgehead atoms. The van der Waals surface area contributed by atoms with Gasteiger partial charge < -0.3 is 9.88 Å². The lowest BCUT2D eigenvalue weighted by atomic mass is 10.1. The second-order valence-corrected chi connectivity index (χ2v) is 4.82. The second kappa shape index (κ2) is 5.02. The van der Waals surface area contributed by atoms with Crippen molar-refractivity contribution in [3.8, 4) is 11.3 Å². The molecule has 0 atom stereocenters. The van der Waals surface area contributed by atoms with E-state index in [1.807, 2.05) is 14.1 Å². The number of nitrogens with one attached hydrogen (secondary N) is 1. The predicted molar refractivity (Wildman–Crippen MR) is 73.8 cm³/mol. The highest BCUT2D eigenvalue weighted by Gasteiger charge is 2.15. The third kappa shape index (κ3) is 2.28. The summed E-state index contributed by atoms with van der Waals surface area (Å²) < 4.78 is 3.03. The molecule has 0 aliphatic rings. The van der Waals surface area contributed by atoms with Crippen LogP contribution in [0.15, 0.2) is 28.9 Å². The summed E-state index contributed by atoms with van der Waals surface area (Å²) in [6.07, 6.45) is 0. The van der Waals surface area contributed by atoms with Gasteiger partial charge in [0, 0.05) is 12.6 Å². The monoisotopic (exact) mass is 293 g/mol. The van der Waals surface area contributed by atoms with Crippen LogP contribution in [-0.2, 0) is 13.6 Å². The van der Waals surface area contributed by atoms with Crippen molar-refractivity contribution in [2.75, 3.05) is 7.05 Å². The Morgan fingerprint density at radius 1 is 1.35 bits per heavy atom. The van der Waals surface area contributed by atoms with E-state index in [-0.39, 0.29) is 0 Å². The van der Waals surface area contributed by atoms with Crippen LogP contribution in [0.4, 0.5) is 0 Å². The van der Waals surface area contributed by atoms with Gasteiger partial charge in [-0.05, 0) is 35.5 Å². The van der Waals surface area contributed by atoms with E-state index in [0.717, 1.165) is 22.7 Å². The Morgan fingerprint density at radius 2 is 2.06 bits per heavy atom. The highest BCUT2D eigenvalue weighted by molar-refractivity contribution is 9.10. The van der Waals surface area contributed by atoms with Gasteiger partial charge in [0.25, 0.3) is 0 Å². The molecule has 2 aromatic rings. The first-order valence-electron chi connectivity index (χ1n) is 5.57. The van der Waals surface area contributed by atoms with E-state index in [0.29, 0.717) is 0 Å². The fraction of sp³-hybridized carbons (Fsp3) is 0.308. The highest BCUT2D eigenvalue weighted by atomic mass is 79.9. The van der Waals surface area contributed by atoms with Gasteiger partial charge in [-0.3, -0.25) is 0 Å². The Balaban J connectivity index is 2.56. The van der Waals surface area contributed by atoms with Crippen molar-refractivity contribution in [1.29, 1.82) is 0 Å². The summed E-state index contributed by atoms with van der Waals surface area (Å²) in [4.78, 5) is 4.53. The van der Waals surface area contributed by atoms with E-state index in [1.54, 1.807) is 0 Å². The average Bonchev–Trinajstić information content (AvgIpc) is 2.57. The van der Waals surface area contributed by atoms with Crippen LogP contribution in [0.5, 0.6) is 0 Å². The van der Waals surface area contributed by atoms with E-state index in [2.05, 4.69) is 62.0 Å². The van der Waals surface area contributed by atoms with Gasteiger partial charge in [-0.2, -0.15) is 0 Å². The molecule has 0 aliphatic heterocycles. The van der Waals surface area contributed by atoms with Gasteiger partial charge in [0.1, 0.15) is 10.4 Å². The lowest BCUT2D eigenvalue weighted by molar-refractivity contribution is 0.712. The lowest BCUT2D eigenvalue weighted by Gasteiger charge is -2.08. The molecule has 1 aromatic carbocycles. The molecule has 1 aromatic heterocycles. The first-order chi connectivity index (χ1) is 8.15. The van der Waals surface area contributed by atoms with Crippen molar-refractivity contribution >= 4 is 15.9 Å².